The van der Waals surface area contributed by atoms with Crippen molar-refractivity contribution in [3.8, 4) is 6.07 Å². The lowest BCUT2D eigenvalue weighted by Crippen LogP contribution is -2.58. The number of carbonyl (C=O) groups excluding carboxylic acids is 1. The summed E-state index contributed by atoms with van der Waals surface area (Å²) in [4.78, 5) is 20.2. The van der Waals surface area contributed by atoms with Crippen molar-refractivity contribution >= 4 is 29.3 Å². The quantitative estimate of drug-likeness (QED) is 0.660. The molecule has 4 N–H and O–H groups in total. The molecule has 1 aromatic carbocycles. The smallest absolute Gasteiger partial charge is 0.224 e. The normalized spacial score (nSPS) is 19.9. The fourth-order valence-corrected chi connectivity index (χ4v) is 3.70. The Morgan fingerprint density at radius 3 is 2.89 bits per heavy atom. The third kappa shape index (κ3) is 4.18. The summed E-state index contributed by atoms with van der Waals surface area (Å²) in [6.07, 6.45) is 2.88. The highest BCUT2D eigenvalue weighted by molar-refractivity contribution is 6.30. The Bertz CT molecular complexity index is 923. The van der Waals surface area contributed by atoms with Crippen molar-refractivity contribution in [1.29, 1.82) is 5.26 Å². The van der Waals surface area contributed by atoms with Gasteiger partial charge < -0.3 is 16.4 Å². The van der Waals surface area contributed by atoms with Gasteiger partial charge in [-0.2, -0.15) is 10.2 Å². The highest BCUT2D eigenvalue weighted by Gasteiger charge is 2.51. The summed E-state index contributed by atoms with van der Waals surface area (Å²) in [5, 5.41) is 16.5. The third-order valence-electron chi connectivity index (χ3n) is 5.42. The van der Waals surface area contributed by atoms with Crippen molar-refractivity contribution in [2.45, 2.75) is 32.7 Å². The first kappa shape index (κ1) is 19.9. The zero-order chi connectivity index (χ0) is 20.3. The molecule has 1 aliphatic carbocycles. The Balaban J connectivity index is 1.65. The van der Waals surface area contributed by atoms with Gasteiger partial charge in [0.15, 0.2) is 0 Å². The first-order valence-corrected chi connectivity index (χ1v) is 9.50. The van der Waals surface area contributed by atoms with Crippen LogP contribution in [0.2, 0.25) is 5.02 Å². The molecule has 1 aliphatic rings. The number of nitrogens with zero attached hydrogens (tertiary/aromatic N) is 3. The van der Waals surface area contributed by atoms with E-state index in [-0.39, 0.29) is 23.3 Å². The van der Waals surface area contributed by atoms with E-state index in [1.54, 1.807) is 0 Å². The number of hydrogen-bond donors (Lipinski definition) is 3. The van der Waals surface area contributed by atoms with E-state index in [1.807, 2.05) is 38.1 Å². The van der Waals surface area contributed by atoms with E-state index in [0.717, 1.165) is 12.0 Å². The van der Waals surface area contributed by atoms with Gasteiger partial charge >= 0.3 is 0 Å². The monoisotopic (exact) mass is 398 g/mol. The van der Waals surface area contributed by atoms with Gasteiger partial charge in [-0.3, -0.25) is 4.79 Å². The number of carbonyl (C=O) groups is 1. The molecule has 0 saturated heterocycles. The number of nitrogens with two attached hydrogens (primary N) is 1. The maximum Gasteiger partial charge on any atom is 0.224 e. The van der Waals surface area contributed by atoms with Crippen LogP contribution in [0.3, 0.4) is 0 Å². The van der Waals surface area contributed by atoms with Crippen LogP contribution in [0.4, 0.5) is 11.8 Å². The number of amides is 1. The molecule has 1 heterocycles. The average molecular weight is 399 g/mol. The van der Waals surface area contributed by atoms with Crippen molar-refractivity contribution < 1.29 is 4.79 Å². The Morgan fingerprint density at radius 2 is 2.25 bits per heavy atom. The highest BCUT2D eigenvalue weighted by atomic mass is 35.5. The highest BCUT2D eigenvalue weighted by Crippen LogP contribution is 2.47. The number of anilines is 2. The van der Waals surface area contributed by atoms with Gasteiger partial charge in [0, 0.05) is 23.5 Å². The molecular formula is C20H23ClN6O. The topological polar surface area (TPSA) is 117 Å². The van der Waals surface area contributed by atoms with Gasteiger partial charge in [0.1, 0.15) is 17.5 Å². The number of halogens is 1. The second-order valence-corrected chi connectivity index (χ2v) is 8.02. The summed E-state index contributed by atoms with van der Waals surface area (Å²) in [5.41, 5.74) is 6.63. The minimum absolute atomic E-state index is 0.00584. The number of nitriles is 1. The first-order valence-electron chi connectivity index (χ1n) is 9.12. The number of nitrogens with one attached hydrogen (secondary N) is 2. The third-order valence-corrected chi connectivity index (χ3v) is 5.65. The maximum atomic E-state index is 11.5. The van der Waals surface area contributed by atoms with Gasteiger partial charge in [-0.25, -0.2) is 4.98 Å². The van der Waals surface area contributed by atoms with Gasteiger partial charge in [0.25, 0.3) is 0 Å². The summed E-state index contributed by atoms with van der Waals surface area (Å²) in [6, 6.07) is 9.79. The minimum atomic E-state index is -0.302. The first-order chi connectivity index (χ1) is 13.3. The molecule has 2 atom stereocenters. The standard InChI is InChI=1S/C20H23ClN6O/c1-20(2)15(17(23)28)9-16(20)26-18-13(10-22)11-25-19(27-18)24-7-6-12-4-3-5-14(21)8-12/h3-5,8,11,15-16H,6-7,9H2,1-2H3,(H2,23,28)(H2,24,25,26,27)/t15-,16-/m1/s1. The Kier molecular flexibility index (Phi) is 5.71. The fraction of sp³-hybridized carbons (Fsp3) is 0.400. The lowest BCUT2D eigenvalue weighted by atomic mass is 9.58. The minimum Gasteiger partial charge on any atom is -0.369 e. The van der Waals surface area contributed by atoms with E-state index in [2.05, 4.69) is 26.7 Å². The van der Waals surface area contributed by atoms with Crippen LogP contribution in [-0.2, 0) is 11.2 Å². The van der Waals surface area contributed by atoms with E-state index in [4.69, 9.17) is 17.3 Å². The zero-order valence-corrected chi connectivity index (χ0v) is 16.6. The van der Waals surface area contributed by atoms with Crippen LogP contribution in [-0.4, -0.2) is 28.5 Å². The summed E-state index contributed by atoms with van der Waals surface area (Å²) in [7, 11) is 0. The second kappa shape index (κ2) is 8.03. The molecule has 7 nitrogen and oxygen atoms in total. The van der Waals surface area contributed by atoms with Crippen LogP contribution < -0.4 is 16.4 Å². The molecule has 1 amide bonds. The van der Waals surface area contributed by atoms with E-state index in [0.29, 0.717) is 35.3 Å². The number of rotatable bonds is 7. The SMILES string of the molecule is CC1(C)[C@@H](C(N)=O)C[C@H]1Nc1nc(NCCc2cccc(Cl)c2)ncc1C#N. The number of hydrogen-bond acceptors (Lipinski definition) is 6. The molecule has 1 saturated carbocycles. The summed E-state index contributed by atoms with van der Waals surface area (Å²) in [5.74, 6) is 0.415. The predicted octanol–water partition coefficient (Wildman–Crippen LogP) is 2.97. The van der Waals surface area contributed by atoms with Gasteiger partial charge in [0.05, 0.1) is 6.20 Å². The van der Waals surface area contributed by atoms with Crippen LogP contribution in [0.15, 0.2) is 30.5 Å². The van der Waals surface area contributed by atoms with E-state index >= 15 is 0 Å². The molecule has 2 aromatic rings. The van der Waals surface area contributed by atoms with Gasteiger partial charge in [-0.15, -0.1) is 0 Å². The summed E-state index contributed by atoms with van der Waals surface area (Å²) < 4.78 is 0. The fourth-order valence-electron chi connectivity index (χ4n) is 3.49. The van der Waals surface area contributed by atoms with Gasteiger partial charge in [-0.1, -0.05) is 37.6 Å². The molecule has 0 unspecified atom stereocenters. The molecule has 3 rings (SSSR count). The van der Waals surface area contributed by atoms with E-state index in [9.17, 15) is 10.1 Å². The van der Waals surface area contributed by atoms with Crippen LogP contribution in [0.5, 0.6) is 0 Å². The number of benzene rings is 1. The summed E-state index contributed by atoms with van der Waals surface area (Å²) >= 11 is 6.00. The van der Waals surface area contributed by atoms with E-state index < -0.39 is 0 Å². The second-order valence-electron chi connectivity index (χ2n) is 7.58. The molecule has 0 aliphatic heterocycles. The molecular weight excluding hydrogens is 376 g/mol. The predicted molar refractivity (Wildman–Crippen MR) is 109 cm³/mol. The molecule has 0 spiro atoms. The Morgan fingerprint density at radius 1 is 1.46 bits per heavy atom. The molecule has 1 aromatic heterocycles. The lowest BCUT2D eigenvalue weighted by molar-refractivity contribution is -0.131. The maximum absolute atomic E-state index is 11.5. The molecule has 28 heavy (non-hydrogen) atoms. The average Bonchev–Trinajstić information content (AvgIpc) is 2.64. The van der Waals surface area contributed by atoms with Crippen LogP contribution in [0.1, 0.15) is 31.4 Å². The van der Waals surface area contributed by atoms with Crippen molar-refractivity contribution in [2.24, 2.45) is 17.1 Å². The van der Waals surface area contributed by atoms with Gasteiger partial charge in [-0.05, 0) is 36.0 Å². The van der Waals surface area contributed by atoms with Crippen molar-refractivity contribution in [1.82, 2.24) is 9.97 Å². The van der Waals surface area contributed by atoms with E-state index in [1.165, 1.54) is 6.20 Å². The van der Waals surface area contributed by atoms with Crippen molar-refractivity contribution in [3.05, 3.63) is 46.6 Å². The number of aromatic nitrogens is 2. The Labute approximate surface area is 169 Å². The Hall–Kier alpha value is -2.85. The zero-order valence-electron chi connectivity index (χ0n) is 15.9. The summed E-state index contributed by atoms with van der Waals surface area (Å²) in [6.45, 7) is 4.60. The van der Waals surface area contributed by atoms with Crippen molar-refractivity contribution in [3.63, 3.8) is 0 Å². The molecule has 1 fully saturated rings. The number of primary amides is 1. The largest absolute Gasteiger partial charge is 0.369 e. The van der Waals surface area contributed by atoms with Crippen LogP contribution >= 0.6 is 11.6 Å². The lowest BCUT2D eigenvalue weighted by Gasteiger charge is -2.50. The molecule has 146 valence electrons. The van der Waals surface area contributed by atoms with Gasteiger partial charge in [0.2, 0.25) is 11.9 Å². The molecule has 8 heteroatoms. The van der Waals surface area contributed by atoms with Crippen molar-refractivity contribution in [2.75, 3.05) is 17.2 Å². The van der Waals surface area contributed by atoms with Crippen LogP contribution in [0, 0.1) is 22.7 Å². The molecule has 0 radical (unpaired) electrons. The molecule has 0 bridgehead atoms. The van der Waals surface area contributed by atoms with Crippen LogP contribution in [0.25, 0.3) is 0 Å².